The predicted octanol–water partition coefficient (Wildman–Crippen LogP) is 3.72. The van der Waals surface area contributed by atoms with Crippen LogP contribution in [0.4, 0.5) is 5.69 Å². The lowest BCUT2D eigenvalue weighted by Crippen LogP contribution is -2.43. The number of hydrogen-bond acceptors (Lipinski definition) is 6. The summed E-state index contributed by atoms with van der Waals surface area (Å²) in [5.74, 6) is -0.499. The van der Waals surface area contributed by atoms with Gasteiger partial charge in [-0.15, -0.1) is 11.8 Å². The third-order valence-corrected chi connectivity index (χ3v) is 5.85. The molecule has 1 amide bonds. The number of carbonyl (C=O) groups is 2. The third-order valence-electron chi connectivity index (χ3n) is 4.53. The lowest BCUT2D eigenvalue weighted by atomic mass is 10.1. The van der Waals surface area contributed by atoms with E-state index in [1.807, 2.05) is 30.3 Å². The molecule has 146 valence electrons. The van der Waals surface area contributed by atoms with E-state index in [4.69, 9.17) is 4.74 Å². The largest absolute Gasteiger partial charge is 0.464 e. The second kappa shape index (κ2) is 8.43. The normalized spacial score (nSPS) is 18.7. The van der Waals surface area contributed by atoms with Gasteiger partial charge in [0.15, 0.2) is 0 Å². The highest BCUT2D eigenvalue weighted by molar-refractivity contribution is 7.99. The van der Waals surface area contributed by atoms with E-state index in [9.17, 15) is 19.7 Å². The van der Waals surface area contributed by atoms with Crippen LogP contribution in [0, 0.1) is 17.0 Å². The maximum Gasteiger partial charge on any atom is 0.329 e. The number of thioether (sulfide) groups is 1. The number of benzene rings is 2. The topological polar surface area (TPSA) is 89.8 Å². The monoisotopic (exact) mass is 400 g/mol. The second-order valence-electron chi connectivity index (χ2n) is 6.34. The Labute approximate surface area is 166 Å². The number of nitro groups is 1. The number of hydrogen-bond donors (Lipinski definition) is 0. The van der Waals surface area contributed by atoms with Crippen molar-refractivity contribution in [1.82, 2.24) is 4.90 Å². The fourth-order valence-electron chi connectivity index (χ4n) is 3.14. The minimum atomic E-state index is -0.747. The van der Waals surface area contributed by atoms with Gasteiger partial charge >= 0.3 is 5.97 Å². The Kier molecular flexibility index (Phi) is 5.99. The smallest absolute Gasteiger partial charge is 0.329 e. The van der Waals surface area contributed by atoms with E-state index in [1.165, 1.54) is 22.7 Å². The summed E-state index contributed by atoms with van der Waals surface area (Å²) >= 11 is 1.47. The standard InChI is InChI=1S/C20H20N2O5S/c1-3-27-20(24)17-12-28-19(14-7-5-4-6-8-14)21(17)18(23)15-10-9-13(2)16(11-15)22(25)26/h4-11,17,19H,3,12H2,1-2H3. The lowest BCUT2D eigenvalue weighted by Gasteiger charge is -2.28. The zero-order valence-corrected chi connectivity index (χ0v) is 16.3. The molecule has 7 nitrogen and oxygen atoms in total. The highest BCUT2D eigenvalue weighted by atomic mass is 32.2. The Morgan fingerprint density at radius 1 is 1.25 bits per heavy atom. The summed E-state index contributed by atoms with van der Waals surface area (Å²) in [6, 6.07) is 13.0. The average molecular weight is 400 g/mol. The van der Waals surface area contributed by atoms with Gasteiger partial charge in [0.2, 0.25) is 0 Å². The van der Waals surface area contributed by atoms with Crippen LogP contribution in [0.1, 0.15) is 33.8 Å². The molecule has 0 aliphatic carbocycles. The summed E-state index contributed by atoms with van der Waals surface area (Å²) < 4.78 is 5.15. The molecule has 0 aromatic heterocycles. The van der Waals surface area contributed by atoms with Crippen LogP contribution in [0.2, 0.25) is 0 Å². The Balaban J connectivity index is 2.01. The molecule has 0 saturated carbocycles. The van der Waals surface area contributed by atoms with Crippen LogP contribution in [0.3, 0.4) is 0 Å². The number of ether oxygens (including phenoxy) is 1. The van der Waals surface area contributed by atoms with Gasteiger partial charge in [-0.1, -0.05) is 36.4 Å². The van der Waals surface area contributed by atoms with E-state index in [1.54, 1.807) is 26.0 Å². The van der Waals surface area contributed by atoms with Crippen molar-refractivity contribution in [2.75, 3.05) is 12.4 Å². The van der Waals surface area contributed by atoms with Crippen molar-refractivity contribution in [2.45, 2.75) is 25.3 Å². The van der Waals surface area contributed by atoms with Crippen molar-refractivity contribution in [2.24, 2.45) is 0 Å². The van der Waals surface area contributed by atoms with E-state index in [2.05, 4.69) is 0 Å². The highest BCUT2D eigenvalue weighted by Gasteiger charge is 2.43. The Bertz CT molecular complexity index is 903. The Hall–Kier alpha value is -2.87. The molecule has 2 atom stereocenters. The van der Waals surface area contributed by atoms with Crippen molar-refractivity contribution >= 4 is 29.3 Å². The number of nitro benzene ring substituents is 1. The van der Waals surface area contributed by atoms with Crippen LogP contribution in [0.15, 0.2) is 48.5 Å². The van der Waals surface area contributed by atoms with E-state index in [0.717, 1.165) is 5.56 Å². The van der Waals surface area contributed by atoms with Gasteiger partial charge in [0, 0.05) is 22.9 Å². The molecule has 0 N–H and O–H groups in total. The minimum absolute atomic E-state index is 0.123. The van der Waals surface area contributed by atoms with E-state index >= 15 is 0 Å². The fraction of sp³-hybridized carbons (Fsp3) is 0.300. The molecule has 3 rings (SSSR count). The molecule has 0 bridgehead atoms. The highest BCUT2D eigenvalue weighted by Crippen LogP contribution is 2.42. The molecule has 1 saturated heterocycles. The van der Waals surface area contributed by atoms with Gasteiger partial charge in [-0.3, -0.25) is 14.9 Å². The molecule has 1 heterocycles. The molecular formula is C20H20N2O5S. The fourth-order valence-corrected chi connectivity index (χ4v) is 4.55. The minimum Gasteiger partial charge on any atom is -0.464 e. The van der Waals surface area contributed by atoms with Crippen LogP contribution in [0.5, 0.6) is 0 Å². The van der Waals surface area contributed by atoms with Gasteiger partial charge < -0.3 is 9.64 Å². The number of esters is 1. The summed E-state index contributed by atoms with van der Waals surface area (Å²) in [5, 5.41) is 10.9. The second-order valence-corrected chi connectivity index (χ2v) is 7.45. The third kappa shape index (κ3) is 3.87. The lowest BCUT2D eigenvalue weighted by molar-refractivity contribution is -0.385. The van der Waals surface area contributed by atoms with Gasteiger partial charge in [-0.2, -0.15) is 0 Å². The van der Waals surface area contributed by atoms with Gasteiger partial charge in [0.1, 0.15) is 11.4 Å². The van der Waals surface area contributed by atoms with E-state index < -0.39 is 22.8 Å². The first-order valence-corrected chi connectivity index (χ1v) is 9.89. The van der Waals surface area contributed by atoms with Gasteiger partial charge in [0.25, 0.3) is 11.6 Å². The Morgan fingerprint density at radius 3 is 2.61 bits per heavy atom. The van der Waals surface area contributed by atoms with Gasteiger partial charge in [-0.05, 0) is 25.5 Å². The summed E-state index contributed by atoms with van der Waals surface area (Å²) in [7, 11) is 0. The number of aryl methyl sites for hydroxylation is 1. The first-order chi connectivity index (χ1) is 13.4. The van der Waals surface area contributed by atoms with Crippen molar-refractivity contribution in [3.63, 3.8) is 0 Å². The van der Waals surface area contributed by atoms with Crippen molar-refractivity contribution in [3.8, 4) is 0 Å². The molecule has 1 aliphatic heterocycles. The zero-order valence-electron chi connectivity index (χ0n) is 15.5. The van der Waals surface area contributed by atoms with Crippen molar-refractivity contribution in [3.05, 3.63) is 75.3 Å². The number of nitrogens with zero attached hydrogens (tertiary/aromatic N) is 2. The van der Waals surface area contributed by atoms with E-state index in [0.29, 0.717) is 11.3 Å². The first-order valence-electron chi connectivity index (χ1n) is 8.85. The quantitative estimate of drug-likeness (QED) is 0.432. The number of amides is 1. The van der Waals surface area contributed by atoms with Crippen LogP contribution in [-0.4, -0.2) is 40.1 Å². The molecule has 2 unspecified atom stereocenters. The molecule has 28 heavy (non-hydrogen) atoms. The molecule has 0 spiro atoms. The van der Waals surface area contributed by atoms with Crippen LogP contribution < -0.4 is 0 Å². The Morgan fingerprint density at radius 2 is 1.96 bits per heavy atom. The van der Waals surface area contributed by atoms with Crippen molar-refractivity contribution < 1.29 is 19.2 Å². The first kappa shape index (κ1) is 19.9. The summed E-state index contributed by atoms with van der Waals surface area (Å²) in [4.78, 5) is 38.0. The van der Waals surface area contributed by atoms with E-state index in [-0.39, 0.29) is 23.2 Å². The van der Waals surface area contributed by atoms with Gasteiger partial charge in [0.05, 0.1) is 11.5 Å². The van der Waals surface area contributed by atoms with Crippen LogP contribution in [0.25, 0.3) is 0 Å². The SMILES string of the molecule is CCOC(=O)C1CSC(c2ccccc2)N1C(=O)c1ccc(C)c([N+](=O)[O-])c1. The number of rotatable bonds is 5. The summed E-state index contributed by atoms with van der Waals surface area (Å²) in [5.41, 5.74) is 1.41. The molecule has 2 aromatic rings. The molecule has 1 fully saturated rings. The maximum atomic E-state index is 13.3. The molecule has 1 aliphatic rings. The predicted molar refractivity (Wildman–Crippen MR) is 106 cm³/mol. The number of carbonyl (C=O) groups excluding carboxylic acids is 2. The average Bonchev–Trinajstić information content (AvgIpc) is 3.13. The molecule has 0 radical (unpaired) electrons. The maximum absolute atomic E-state index is 13.3. The van der Waals surface area contributed by atoms with Crippen molar-refractivity contribution in [1.29, 1.82) is 0 Å². The molecule has 2 aromatic carbocycles. The molecule has 8 heteroatoms. The van der Waals surface area contributed by atoms with Crippen LogP contribution >= 0.6 is 11.8 Å². The van der Waals surface area contributed by atoms with Gasteiger partial charge in [-0.25, -0.2) is 4.79 Å². The summed E-state index contributed by atoms with van der Waals surface area (Å²) in [6.45, 7) is 3.55. The zero-order chi connectivity index (χ0) is 20.3. The van der Waals surface area contributed by atoms with Crippen LogP contribution in [-0.2, 0) is 9.53 Å². The summed E-state index contributed by atoms with van der Waals surface area (Å²) in [6.07, 6.45) is 0. The molecular weight excluding hydrogens is 380 g/mol.